The molecule has 0 bridgehead atoms. The maximum atomic E-state index is 2.33. The van der Waals surface area contributed by atoms with Crippen LogP contribution < -0.4 is 0 Å². The molecule has 0 fully saturated rings. The summed E-state index contributed by atoms with van der Waals surface area (Å²) in [7, 11) is 0. The molecular formula is C30H64ClSn. The van der Waals surface area contributed by atoms with Gasteiger partial charge in [-0.2, -0.15) is 0 Å². The molecule has 0 unspecified atom stereocenters. The molecule has 0 aliphatic carbocycles. The number of unbranched alkanes of at least 4 members (excludes halogenated alkanes) is 21. The zero-order valence-corrected chi connectivity index (χ0v) is 26.7. The second-order valence-corrected chi connectivity index (χ2v) is 19.0. The predicted octanol–water partition coefficient (Wildman–Crippen LogP) is 12.3. The van der Waals surface area contributed by atoms with Crippen molar-refractivity contribution >= 4 is 32.2 Å². The van der Waals surface area contributed by atoms with Crippen LogP contribution in [0, 0.1) is 0 Å². The fourth-order valence-electron chi connectivity index (χ4n) is 4.90. The molecule has 0 aliphatic rings. The molecule has 0 amide bonds. The molecule has 0 nitrogen and oxygen atoms in total. The fourth-order valence-corrected chi connectivity index (χ4v) is 13.5. The standard InChI is InChI=1S/3C10H21.ClH.Sn/c3*1-3-5-7-9-10-8-6-4-2;;/h3*1,3-10H2,2H3;1H;. The zero-order valence-electron chi connectivity index (χ0n) is 23.0. The fraction of sp³-hybridized carbons (Fsp3) is 1.00. The molecule has 0 aromatic carbocycles. The van der Waals surface area contributed by atoms with Crippen molar-refractivity contribution in [1.29, 1.82) is 0 Å². The van der Waals surface area contributed by atoms with Gasteiger partial charge in [-0.1, -0.05) is 0 Å². The Morgan fingerprint density at radius 2 is 0.469 bits per heavy atom. The minimum absolute atomic E-state index is 0. The maximum Gasteiger partial charge on any atom is -0.147 e. The predicted molar refractivity (Wildman–Crippen MR) is 155 cm³/mol. The summed E-state index contributed by atoms with van der Waals surface area (Å²) in [5.41, 5.74) is 0. The SMILES string of the molecule is CCCCCCCCC[CH2][Sn]([CH2]CCCCCCCCC)[CH2]CCCCCCCCC.Cl. The van der Waals surface area contributed by atoms with Crippen LogP contribution in [0.5, 0.6) is 0 Å². The van der Waals surface area contributed by atoms with Crippen molar-refractivity contribution in [3.05, 3.63) is 0 Å². The molecule has 0 rings (SSSR count). The summed E-state index contributed by atoms with van der Waals surface area (Å²) in [5.74, 6) is 0. The van der Waals surface area contributed by atoms with Gasteiger partial charge in [-0.3, -0.25) is 0 Å². The second-order valence-electron chi connectivity index (χ2n) is 10.4. The average molecular weight is 579 g/mol. The van der Waals surface area contributed by atoms with Crippen LogP contribution in [0.2, 0.25) is 13.3 Å². The molecular weight excluding hydrogens is 514 g/mol. The molecule has 195 valence electrons. The molecule has 1 radical (unpaired) electrons. The molecule has 32 heavy (non-hydrogen) atoms. The van der Waals surface area contributed by atoms with Gasteiger partial charge >= 0.3 is 208 Å². The third-order valence-electron chi connectivity index (χ3n) is 7.15. The van der Waals surface area contributed by atoms with E-state index >= 15 is 0 Å². The molecule has 0 heterocycles. The summed E-state index contributed by atoms with van der Waals surface area (Å²) in [6.07, 6.45) is 36.0. The van der Waals surface area contributed by atoms with Gasteiger partial charge in [0.25, 0.3) is 0 Å². The Morgan fingerprint density at radius 1 is 0.281 bits per heavy atom. The monoisotopic (exact) mass is 579 g/mol. The van der Waals surface area contributed by atoms with E-state index in [1.807, 2.05) is 0 Å². The summed E-state index contributed by atoms with van der Waals surface area (Å²) < 4.78 is 5.18. The van der Waals surface area contributed by atoms with Crippen molar-refractivity contribution in [2.24, 2.45) is 0 Å². The minimum atomic E-state index is -1.06. The van der Waals surface area contributed by atoms with Crippen LogP contribution in [-0.4, -0.2) is 19.8 Å². The molecule has 2 heteroatoms. The van der Waals surface area contributed by atoms with Gasteiger partial charge in [0, 0.05) is 0 Å². The minimum Gasteiger partial charge on any atom is -0.147 e. The molecule has 0 saturated heterocycles. The molecule has 0 aromatic heterocycles. The normalized spacial score (nSPS) is 11.2. The van der Waals surface area contributed by atoms with Gasteiger partial charge in [0.15, 0.2) is 0 Å². The van der Waals surface area contributed by atoms with Crippen LogP contribution in [-0.2, 0) is 0 Å². The topological polar surface area (TPSA) is 0 Å². The van der Waals surface area contributed by atoms with Crippen molar-refractivity contribution in [2.45, 2.75) is 188 Å². The Morgan fingerprint density at radius 3 is 0.688 bits per heavy atom. The van der Waals surface area contributed by atoms with Gasteiger partial charge in [-0.05, 0) is 0 Å². The van der Waals surface area contributed by atoms with Crippen LogP contribution in [0.4, 0.5) is 0 Å². The molecule has 0 spiro atoms. The van der Waals surface area contributed by atoms with Gasteiger partial charge in [-0.15, -0.1) is 12.4 Å². The summed E-state index contributed by atoms with van der Waals surface area (Å²) in [6, 6.07) is 0. The van der Waals surface area contributed by atoms with Gasteiger partial charge in [0.05, 0.1) is 0 Å². The first-order valence-corrected chi connectivity index (χ1v) is 21.2. The molecule has 0 aliphatic heterocycles. The Bertz CT molecular complexity index is 260. The zero-order chi connectivity index (χ0) is 22.7. The van der Waals surface area contributed by atoms with Crippen molar-refractivity contribution in [2.75, 3.05) is 0 Å². The van der Waals surface area contributed by atoms with E-state index in [2.05, 4.69) is 20.8 Å². The molecule has 0 aromatic rings. The van der Waals surface area contributed by atoms with Gasteiger partial charge in [-0.25, -0.2) is 0 Å². The van der Waals surface area contributed by atoms with Crippen LogP contribution >= 0.6 is 12.4 Å². The number of hydrogen-bond acceptors (Lipinski definition) is 0. The smallest absolute Gasteiger partial charge is 0.147 e. The van der Waals surface area contributed by atoms with E-state index in [4.69, 9.17) is 0 Å². The van der Waals surface area contributed by atoms with Crippen molar-refractivity contribution in [1.82, 2.24) is 0 Å². The number of halogens is 1. The van der Waals surface area contributed by atoms with E-state index in [0.717, 1.165) is 0 Å². The summed E-state index contributed by atoms with van der Waals surface area (Å²) >= 11 is -1.06. The largest absolute Gasteiger partial charge is 0.147 e. The first-order chi connectivity index (χ1) is 15.3. The van der Waals surface area contributed by atoms with E-state index in [9.17, 15) is 0 Å². The van der Waals surface area contributed by atoms with E-state index in [1.165, 1.54) is 116 Å². The Labute approximate surface area is 219 Å². The van der Waals surface area contributed by atoms with Gasteiger partial charge < -0.3 is 0 Å². The van der Waals surface area contributed by atoms with Crippen LogP contribution in [0.1, 0.15) is 175 Å². The first-order valence-electron chi connectivity index (χ1n) is 15.2. The summed E-state index contributed by atoms with van der Waals surface area (Å²) in [4.78, 5) is 0. The molecule has 0 saturated carbocycles. The quantitative estimate of drug-likeness (QED) is 0.0671. The van der Waals surface area contributed by atoms with Crippen molar-refractivity contribution in [3.63, 3.8) is 0 Å². The second kappa shape index (κ2) is 32.1. The Balaban J connectivity index is 0. The average Bonchev–Trinajstić information content (AvgIpc) is 2.78. The van der Waals surface area contributed by atoms with Crippen molar-refractivity contribution < 1.29 is 0 Å². The van der Waals surface area contributed by atoms with E-state index in [-0.39, 0.29) is 12.4 Å². The number of hydrogen-bond donors (Lipinski definition) is 0. The van der Waals surface area contributed by atoms with Crippen molar-refractivity contribution in [3.8, 4) is 0 Å². The van der Waals surface area contributed by atoms with Crippen LogP contribution in [0.15, 0.2) is 0 Å². The summed E-state index contributed by atoms with van der Waals surface area (Å²) in [6.45, 7) is 6.98. The first kappa shape index (κ1) is 35.3. The van der Waals surface area contributed by atoms with E-state index in [1.54, 1.807) is 51.8 Å². The van der Waals surface area contributed by atoms with Gasteiger partial charge in [0.1, 0.15) is 0 Å². The molecule has 0 N–H and O–H groups in total. The third kappa shape index (κ3) is 29.1. The van der Waals surface area contributed by atoms with Crippen LogP contribution in [0.25, 0.3) is 0 Å². The van der Waals surface area contributed by atoms with E-state index < -0.39 is 19.8 Å². The third-order valence-corrected chi connectivity index (χ3v) is 16.2. The Hall–Kier alpha value is 1.09. The van der Waals surface area contributed by atoms with Crippen LogP contribution in [0.3, 0.4) is 0 Å². The van der Waals surface area contributed by atoms with Gasteiger partial charge in [0.2, 0.25) is 0 Å². The van der Waals surface area contributed by atoms with E-state index in [0.29, 0.717) is 0 Å². The molecule has 0 atom stereocenters. The number of rotatable bonds is 27. The maximum absolute atomic E-state index is 2.33. The summed E-state index contributed by atoms with van der Waals surface area (Å²) in [5, 5.41) is 0. The Kier molecular flexibility index (Phi) is 35.3.